The first-order chi connectivity index (χ1) is 8.27. The van der Waals surface area contributed by atoms with Crippen LogP contribution in [0.15, 0.2) is 24.3 Å². The Morgan fingerprint density at radius 1 is 1.24 bits per heavy atom. The van der Waals surface area contributed by atoms with Crippen LogP contribution in [0.25, 0.3) is 11.0 Å². The van der Waals surface area contributed by atoms with Crippen LogP contribution in [-0.4, -0.2) is 15.6 Å². The maximum atomic E-state index is 6.25. The Morgan fingerprint density at radius 3 is 2.76 bits per heavy atom. The summed E-state index contributed by atoms with van der Waals surface area (Å²) in [6, 6.07) is 8.58. The topological polar surface area (TPSA) is 43.8 Å². The molecule has 2 aromatic rings. The van der Waals surface area contributed by atoms with E-state index in [1.807, 2.05) is 6.07 Å². The lowest BCUT2D eigenvalue weighted by atomic mass is 9.84. The third kappa shape index (κ3) is 1.75. The van der Waals surface area contributed by atoms with Crippen molar-refractivity contribution in [3.8, 4) is 0 Å². The van der Waals surface area contributed by atoms with Gasteiger partial charge in [0.15, 0.2) is 0 Å². The molecule has 90 valence electrons. The van der Waals surface area contributed by atoms with Crippen molar-refractivity contribution in [3.63, 3.8) is 0 Å². The van der Waals surface area contributed by atoms with Crippen LogP contribution in [0.4, 0.5) is 0 Å². The molecule has 0 saturated heterocycles. The smallest absolute Gasteiger partial charge is 0.114 e. The minimum atomic E-state index is 0.277. The number of aromatic nitrogens is 2. The molecule has 1 aliphatic carbocycles. The summed E-state index contributed by atoms with van der Waals surface area (Å²) in [5, 5.41) is 0. The molecule has 1 aromatic heterocycles. The van der Waals surface area contributed by atoms with E-state index in [4.69, 9.17) is 10.7 Å². The van der Waals surface area contributed by atoms with Gasteiger partial charge in [-0.3, -0.25) is 0 Å². The van der Waals surface area contributed by atoms with Gasteiger partial charge in [0.1, 0.15) is 5.82 Å². The van der Waals surface area contributed by atoms with Gasteiger partial charge in [0.05, 0.1) is 11.0 Å². The molecule has 17 heavy (non-hydrogen) atoms. The molecule has 2 atom stereocenters. The predicted molar refractivity (Wildman–Crippen MR) is 69.9 cm³/mol. The van der Waals surface area contributed by atoms with Crippen molar-refractivity contribution in [2.75, 3.05) is 0 Å². The van der Waals surface area contributed by atoms with E-state index in [9.17, 15) is 0 Å². The van der Waals surface area contributed by atoms with E-state index < -0.39 is 0 Å². The van der Waals surface area contributed by atoms with Crippen molar-refractivity contribution in [1.29, 1.82) is 0 Å². The lowest BCUT2D eigenvalue weighted by Gasteiger charge is -2.27. The monoisotopic (exact) mass is 229 g/mol. The van der Waals surface area contributed by atoms with Crippen molar-refractivity contribution in [2.24, 2.45) is 12.8 Å². The first-order valence-corrected chi connectivity index (χ1v) is 6.44. The van der Waals surface area contributed by atoms with Crippen LogP contribution in [0.3, 0.4) is 0 Å². The summed E-state index contributed by atoms with van der Waals surface area (Å²) in [6.45, 7) is 0. The second-order valence-corrected chi connectivity index (χ2v) is 5.07. The van der Waals surface area contributed by atoms with Gasteiger partial charge in [-0.1, -0.05) is 25.0 Å². The summed E-state index contributed by atoms with van der Waals surface area (Å²) in [6.07, 6.45) is 4.86. The fraction of sp³-hybridized carbons (Fsp3) is 0.500. The molecule has 1 aromatic carbocycles. The first-order valence-electron chi connectivity index (χ1n) is 6.44. The number of fused-ring (bicyclic) bond motifs is 1. The van der Waals surface area contributed by atoms with E-state index in [2.05, 4.69) is 29.8 Å². The number of nitrogens with two attached hydrogens (primary N) is 1. The highest BCUT2D eigenvalue weighted by atomic mass is 15.1. The maximum absolute atomic E-state index is 6.25. The predicted octanol–water partition coefficient (Wildman–Crippen LogP) is 2.56. The van der Waals surface area contributed by atoms with Crippen LogP contribution in [0.5, 0.6) is 0 Å². The summed E-state index contributed by atoms with van der Waals surface area (Å²) < 4.78 is 2.21. The van der Waals surface area contributed by atoms with Crippen LogP contribution < -0.4 is 5.73 Å². The van der Waals surface area contributed by atoms with Crippen molar-refractivity contribution >= 4 is 11.0 Å². The number of hydrogen-bond donors (Lipinski definition) is 1. The molecule has 0 aliphatic heterocycles. The molecule has 3 heteroatoms. The van der Waals surface area contributed by atoms with E-state index in [1.165, 1.54) is 30.6 Å². The lowest BCUT2D eigenvalue weighted by Crippen LogP contribution is -2.32. The van der Waals surface area contributed by atoms with Crippen molar-refractivity contribution < 1.29 is 0 Å². The van der Waals surface area contributed by atoms with Gasteiger partial charge in [0, 0.05) is 19.0 Å². The molecule has 2 unspecified atom stereocenters. The van der Waals surface area contributed by atoms with Gasteiger partial charge >= 0.3 is 0 Å². The number of aryl methyl sites for hydroxylation is 1. The summed E-state index contributed by atoms with van der Waals surface area (Å²) in [7, 11) is 2.10. The molecule has 1 aliphatic rings. The Hall–Kier alpha value is -1.35. The summed E-state index contributed by atoms with van der Waals surface area (Å²) in [5.74, 6) is 1.60. The molecule has 1 saturated carbocycles. The zero-order chi connectivity index (χ0) is 11.8. The third-order valence-corrected chi connectivity index (χ3v) is 3.97. The Bertz CT molecular complexity index is 529. The summed E-state index contributed by atoms with van der Waals surface area (Å²) >= 11 is 0. The molecule has 0 radical (unpaired) electrons. The molecule has 1 fully saturated rings. The Labute approximate surface area is 102 Å². The molecular formula is C14H19N3. The van der Waals surface area contributed by atoms with Crippen LogP contribution in [0, 0.1) is 0 Å². The van der Waals surface area contributed by atoms with E-state index in [-0.39, 0.29) is 6.04 Å². The van der Waals surface area contributed by atoms with Gasteiger partial charge in [0.25, 0.3) is 0 Å². The van der Waals surface area contributed by atoms with Crippen LogP contribution in [-0.2, 0) is 7.05 Å². The van der Waals surface area contributed by atoms with Crippen LogP contribution in [0.2, 0.25) is 0 Å². The number of rotatable bonds is 1. The highest BCUT2D eigenvalue weighted by Gasteiger charge is 2.27. The molecule has 0 amide bonds. The van der Waals surface area contributed by atoms with Gasteiger partial charge in [0.2, 0.25) is 0 Å². The summed E-state index contributed by atoms with van der Waals surface area (Å²) in [4.78, 5) is 4.77. The SMILES string of the molecule is Cn1c(C2CCCCC2N)nc2ccccc21. The van der Waals surface area contributed by atoms with E-state index in [1.54, 1.807) is 0 Å². The maximum Gasteiger partial charge on any atom is 0.114 e. The first kappa shape index (κ1) is 10.8. The fourth-order valence-corrected chi connectivity index (χ4v) is 2.98. The van der Waals surface area contributed by atoms with Gasteiger partial charge < -0.3 is 10.3 Å². The second-order valence-electron chi connectivity index (χ2n) is 5.07. The molecule has 3 nitrogen and oxygen atoms in total. The molecule has 1 heterocycles. The number of imidazole rings is 1. The van der Waals surface area contributed by atoms with E-state index in [0.717, 1.165) is 11.9 Å². The van der Waals surface area contributed by atoms with Gasteiger partial charge in [-0.25, -0.2) is 4.98 Å². The Morgan fingerprint density at radius 2 is 2.00 bits per heavy atom. The lowest BCUT2D eigenvalue weighted by molar-refractivity contribution is 0.368. The second kappa shape index (κ2) is 4.15. The molecule has 0 bridgehead atoms. The van der Waals surface area contributed by atoms with Crippen molar-refractivity contribution in [1.82, 2.24) is 9.55 Å². The third-order valence-electron chi connectivity index (χ3n) is 3.97. The largest absolute Gasteiger partial charge is 0.331 e. The van der Waals surface area contributed by atoms with Crippen molar-refractivity contribution in [3.05, 3.63) is 30.1 Å². The zero-order valence-electron chi connectivity index (χ0n) is 10.3. The number of nitrogens with zero attached hydrogens (tertiary/aromatic N) is 2. The Balaban J connectivity index is 2.07. The van der Waals surface area contributed by atoms with Gasteiger partial charge in [-0.2, -0.15) is 0 Å². The minimum absolute atomic E-state index is 0.277. The number of para-hydroxylation sites is 2. The Kier molecular flexibility index (Phi) is 2.63. The number of hydrogen-bond acceptors (Lipinski definition) is 2. The average molecular weight is 229 g/mol. The number of benzene rings is 1. The molecule has 2 N–H and O–H groups in total. The highest BCUT2D eigenvalue weighted by molar-refractivity contribution is 5.75. The van der Waals surface area contributed by atoms with E-state index in [0.29, 0.717) is 5.92 Å². The molecule has 0 spiro atoms. The van der Waals surface area contributed by atoms with E-state index >= 15 is 0 Å². The standard InChI is InChI=1S/C14H19N3/c1-17-13-9-5-4-8-12(13)16-14(17)10-6-2-3-7-11(10)15/h4-5,8-11H,2-3,6-7,15H2,1H3. The van der Waals surface area contributed by atoms with Crippen molar-refractivity contribution in [2.45, 2.75) is 37.6 Å². The average Bonchev–Trinajstić information content (AvgIpc) is 2.68. The minimum Gasteiger partial charge on any atom is -0.331 e. The fourth-order valence-electron chi connectivity index (χ4n) is 2.98. The van der Waals surface area contributed by atoms with Gasteiger partial charge in [-0.15, -0.1) is 0 Å². The normalized spacial score (nSPS) is 25.3. The highest BCUT2D eigenvalue weighted by Crippen LogP contribution is 2.32. The van der Waals surface area contributed by atoms with Gasteiger partial charge in [-0.05, 0) is 25.0 Å². The molecular weight excluding hydrogens is 210 g/mol. The van der Waals surface area contributed by atoms with Crippen LogP contribution >= 0.6 is 0 Å². The molecule has 3 rings (SSSR count). The summed E-state index contributed by atoms with van der Waals surface area (Å²) in [5.41, 5.74) is 8.54. The quantitative estimate of drug-likeness (QED) is 0.816. The zero-order valence-corrected chi connectivity index (χ0v) is 10.3. The van der Waals surface area contributed by atoms with Crippen LogP contribution in [0.1, 0.15) is 37.4 Å².